The van der Waals surface area contributed by atoms with Crippen molar-refractivity contribution in [3.8, 4) is 0 Å². The fourth-order valence-corrected chi connectivity index (χ4v) is 2.67. The number of amides is 1. The summed E-state index contributed by atoms with van der Waals surface area (Å²) in [5.74, 6) is 0.222. The molecule has 1 heterocycles. The summed E-state index contributed by atoms with van der Waals surface area (Å²) in [6.45, 7) is 8.15. The van der Waals surface area contributed by atoms with Crippen molar-refractivity contribution in [2.75, 3.05) is 32.7 Å². The van der Waals surface area contributed by atoms with Crippen molar-refractivity contribution in [2.24, 2.45) is 5.73 Å². The van der Waals surface area contributed by atoms with Gasteiger partial charge in [0.25, 0.3) is 0 Å². The summed E-state index contributed by atoms with van der Waals surface area (Å²) in [5.41, 5.74) is 7.24. The Labute approximate surface area is 127 Å². The van der Waals surface area contributed by atoms with Gasteiger partial charge in [-0.05, 0) is 12.0 Å². The molecule has 0 aromatic heterocycles. The largest absolute Gasteiger partial charge is 0.340 e. The second kappa shape index (κ2) is 7.96. The topological polar surface area (TPSA) is 49.6 Å². The molecule has 0 spiro atoms. The molecule has 1 aromatic rings. The molecule has 1 unspecified atom stereocenters. The molecule has 1 atom stereocenters. The first-order valence-corrected chi connectivity index (χ1v) is 7.62. The number of nitrogens with zero attached hydrogens (tertiary/aromatic N) is 2. The number of hydrogen-bond acceptors (Lipinski definition) is 3. The molecule has 21 heavy (non-hydrogen) atoms. The first-order valence-electron chi connectivity index (χ1n) is 7.62. The average molecular weight is 287 g/mol. The van der Waals surface area contributed by atoms with E-state index in [0.29, 0.717) is 12.8 Å². The molecule has 0 bridgehead atoms. The molecule has 0 saturated carbocycles. The standard InChI is InChI=1S/C17H25N3O/c1-2-10-19-11-13-20(14-12-19)17(21)9-8-16(18)15-6-4-3-5-7-15/h2-7,16H,1,8-14,18H2. The van der Waals surface area contributed by atoms with Gasteiger partial charge in [-0.1, -0.05) is 36.4 Å². The minimum atomic E-state index is -0.0581. The van der Waals surface area contributed by atoms with Crippen molar-refractivity contribution < 1.29 is 4.79 Å². The van der Waals surface area contributed by atoms with E-state index < -0.39 is 0 Å². The molecule has 1 amide bonds. The van der Waals surface area contributed by atoms with Crippen molar-refractivity contribution in [2.45, 2.75) is 18.9 Å². The highest BCUT2D eigenvalue weighted by molar-refractivity contribution is 5.76. The maximum atomic E-state index is 12.2. The van der Waals surface area contributed by atoms with Crippen LogP contribution < -0.4 is 5.73 Å². The zero-order valence-corrected chi connectivity index (χ0v) is 12.6. The van der Waals surface area contributed by atoms with Gasteiger partial charge in [-0.25, -0.2) is 0 Å². The van der Waals surface area contributed by atoms with Gasteiger partial charge in [0.1, 0.15) is 0 Å². The van der Waals surface area contributed by atoms with Crippen LogP contribution in [0.2, 0.25) is 0 Å². The third-order valence-corrected chi connectivity index (χ3v) is 4.01. The molecule has 114 valence electrons. The zero-order chi connectivity index (χ0) is 15.1. The predicted molar refractivity (Wildman–Crippen MR) is 85.8 cm³/mol. The number of carbonyl (C=O) groups is 1. The molecule has 0 radical (unpaired) electrons. The van der Waals surface area contributed by atoms with Crippen LogP contribution in [-0.2, 0) is 4.79 Å². The molecule has 2 N–H and O–H groups in total. The summed E-state index contributed by atoms with van der Waals surface area (Å²) in [4.78, 5) is 16.5. The summed E-state index contributed by atoms with van der Waals surface area (Å²) >= 11 is 0. The van der Waals surface area contributed by atoms with E-state index in [1.807, 2.05) is 41.3 Å². The summed E-state index contributed by atoms with van der Waals surface area (Å²) in [6.07, 6.45) is 3.14. The molecule has 1 saturated heterocycles. The zero-order valence-electron chi connectivity index (χ0n) is 12.6. The number of benzene rings is 1. The summed E-state index contributed by atoms with van der Waals surface area (Å²) < 4.78 is 0. The minimum absolute atomic E-state index is 0.0581. The predicted octanol–water partition coefficient (Wildman–Crippen LogP) is 1.80. The lowest BCUT2D eigenvalue weighted by molar-refractivity contribution is -0.133. The van der Waals surface area contributed by atoms with Crippen molar-refractivity contribution in [3.63, 3.8) is 0 Å². The van der Waals surface area contributed by atoms with Gasteiger partial charge in [0.15, 0.2) is 0 Å². The summed E-state index contributed by atoms with van der Waals surface area (Å²) in [5, 5.41) is 0. The lowest BCUT2D eigenvalue weighted by Crippen LogP contribution is -2.48. The molecule has 4 nitrogen and oxygen atoms in total. The van der Waals surface area contributed by atoms with Crippen LogP contribution in [0.3, 0.4) is 0 Å². The highest BCUT2D eigenvalue weighted by Gasteiger charge is 2.20. The van der Waals surface area contributed by atoms with Crippen LogP contribution in [0.25, 0.3) is 0 Å². The van der Waals surface area contributed by atoms with Gasteiger partial charge in [0, 0.05) is 45.2 Å². The van der Waals surface area contributed by atoms with E-state index in [9.17, 15) is 4.79 Å². The maximum absolute atomic E-state index is 12.2. The number of carbonyl (C=O) groups excluding carboxylic acids is 1. The number of hydrogen-bond donors (Lipinski definition) is 1. The first kappa shape index (κ1) is 15.7. The molecular weight excluding hydrogens is 262 g/mol. The van der Waals surface area contributed by atoms with Crippen LogP contribution in [0.4, 0.5) is 0 Å². The van der Waals surface area contributed by atoms with Crippen LogP contribution >= 0.6 is 0 Å². The van der Waals surface area contributed by atoms with Gasteiger partial charge < -0.3 is 10.6 Å². The fourth-order valence-electron chi connectivity index (χ4n) is 2.67. The fraction of sp³-hybridized carbons (Fsp3) is 0.471. The van der Waals surface area contributed by atoms with Crippen molar-refractivity contribution >= 4 is 5.91 Å². The van der Waals surface area contributed by atoms with E-state index in [4.69, 9.17) is 5.73 Å². The highest BCUT2D eigenvalue weighted by Crippen LogP contribution is 2.16. The average Bonchev–Trinajstić information content (AvgIpc) is 2.54. The Morgan fingerprint density at radius 3 is 2.52 bits per heavy atom. The Morgan fingerprint density at radius 1 is 1.24 bits per heavy atom. The Bertz CT molecular complexity index is 452. The van der Waals surface area contributed by atoms with Gasteiger partial charge >= 0.3 is 0 Å². The minimum Gasteiger partial charge on any atom is -0.340 e. The Kier molecular flexibility index (Phi) is 5.96. The number of piperazine rings is 1. The third-order valence-electron chi connectivity index (χ3n) is 4.01. The summed E-state index contributed by atoms with van der Waals surface area (Å²) in [7, 11) is 0. The van der Waals surface area contributed by atoms with E-state index in [0.717, 1.165) is 38.3 Å². The lowest BCUT2D eigenvalue weighted by Gasteiger charge is -2.34. The highest BCUT2D eigenvalue weighted by atomic mass is 16.2. The third kappa shape index (κ3) is 4.69. The maximum Gasteiger partial charge on any atom is 0.222 e. The Hall–Kier alpha value is -1.65. The number of nitrogens with two attached hydrogens (primary N) is 1. The van der Waals surface area contributed by atoms with E-state index in [1.54, 1.807) is 0 Å². The Balaban J connectivity index is 1.74. The molecule has 1 aliphatic heterocycles. The van der Waals surface area contributed by atoms with Gasteiger partial charge in [-0.2, -0.15) is 0 Å². The van der Waals surface area contributed by atoms with Crippen molar-refractivity contribution in [3.05, 3.63) is 48.6 Å². The van der Waals surface area contributed by atoms with E-state index >= 15 is 0 Å². The SMILES string of the molecule is C=CCN1CCN(C(=O)CCC(N)c2ccccc2)CC1. The first-order chi connectivity index (χ1) is 10.2. The van der Waals surface area contributed by atoms with Gasteiger partial charge in [-0.15, -0.1) is 6.58 Å². The molecular formula is C17H25N3O. The van der Waals surface area contributed by atoms with Crippen LogP contribution in [0.5, 0.6) is 0 Å². The second-order valence-electron chi connectivity index (χ2n) is 5.53. The van der Waals surface area contributed by atoms with Crippen molar-refractivity contribution in [1.29, 1.82) is 0 Å². The van der Waals surface area contributed by atoms with Crippen LogP contribution in [0, 0.1) is 0 Å². The van der Waals surface area contributed by atoms with E-state index in [1.165, 1.54) is 0 Å². The number of rotatable bonds is 6. The molecule has 0 aliphatic carbocycles. The molecule has 1 aromatic carbocycles. The Morgan fingerprint density at radius 2 is 1.90 bits per heavy atom. The van der Waals surface area contributed by atoms with Gasteiger partial charge in [0.05, 0.1) is 0 Å². The molecule has 2 rings (SSSR count). The van der Waals surface area contributed by atoms with E-state index in [2.05, 4.69) is 11.5 Å². The summed E-state index contributed by atoms with van der Waals surface area (Å²) in [6, 6.07) is 9.92. The van der Waals surface area contributed by atoms with Gasteiger partial charge in [-0.3, -0.25) is 9.69 Å². The smallest absolute Gasteiger partial charge is 0.222 e. The van der Waals surface area contributed by atoms with Crippen LogP contribution in [-0.4, -0.2) is 48.4 Å². The van der Waals surface area contributed by atoms with E-state index in [-0.39, 0.29) is 11.9 Å². The molecule has 1 aliphatic rings. The lowest BCUT2D eigenvalue weighted by atomic mass is 10.0. The van der Waals surface area contributed by atoms with Crippen molar-refractivity contribution in [1.82, 2.24) is 9.80 Å². The van der Waals surface area contributed by atoms with Crippen LogP contribution in [0.15, 0.2) is 43.0 Å². The second-order valence-corrected chi connectivity index (χ2v) is 5.53. The van der Waals surface area contributed by atoms with Crippen LogP contribution in [0.1, 0.15) is 24.4 Å². The van der Waals surface area contributed by atoms with Gasteiger partial charge in [0.2, 0.25) is 5.91 Å². The monoisotopic (exact) mass is 287 g/mol. The molecule has 4 heteroatoms. The molecule has 1 fully saturated rings. The quantitative estimate of drug-likeness (QED) is 0.812. The normalized spacial score (nSPS) is 17.5.